The predicted octanol–water partition coefficient (Wildman–Crippen LogP) is 3.72. The van der Waals surface area contributed by atoms with Crippen LogP contribution in [-0.4, -0.2) is 45.8 Å². The molecule has 0 aromatic heterocycles. The van der Waals surface area contributed by atoms with Crippen LogP contribution in [0.4, 0.5) is 0 Å². The second-order valence-corrected chi connectivity index (χ2v) is 8.04. The SMILES string of the molecule is CCCCCCC(CCCC)COC(=O)C1(C(=O)O)CCCC1(C(=O)O)C(=O)O. The lowest BCUT2D eigenvalue weighted by Gasteiger charge is -2.34. The molecule has 0 amide bonds. The Morgan fingerprint density at radius 2 is 1.31 bits per heavy atom. The van der Waals surface area contributed by atoms with Gasteiger partial charge in [0, 0.05) is 0 Å². The van der Waals surface area contributed by atoms with Gasteiger partial charge in [-0.15, -0.1) is 0 Å². The molecule has 0 radical (unpaired) electrons. The normalized spacial score (nSPS) is 21.4. The first-order chi connectivity index (χ1) is 13.7. The molecular weight excluding hydrogens is 380 g/mol. The Balaban J connectivity index is 2.99. The number of aliphatic carboxylic acids is 3. The van der Waals surface area contributed by atoms with E-state index in [4.69, 9.17) is 4.74 Å². The Morgan fingerprint density at radius 3 is 1.83 bits per heavy atom. The molecule has 0 heterocycles. The first-order valence-electron chi connectivity index (χ1n) is 10.6. The summed E-state index contributed by atoms with van der Waals surface area (Å²) in [5.41, 5.74) is -5.32. The van der Waals surface area contributed by atoms with Gasteiger partial charge in [-0.05, 0) is 38.0 Å². The van der Waals surface area contributed by atoms with Crippen molar-refractivity contribution >= 4 is 23.9 Å². The molecule has 0 aromatic rings. The van der Waals surface area contributed by atoms with Crippen LogP contribution in [0.15, 0.2) is 0 Å². The average Bonchev–Trinajstić information content (AvgIpc) is 3.09. The number of carbonyl (C=O) groups excluding carboxylic acids is 1. The number of hydrogen-bond acceptors (Lipinski definition) is 5. The Bertz CT molecular complexity index is 585. The van der Waals surface area contributed by atoms with Crippen molar-refractivity contribution in [1.29, 1.82) is 0 Å². The van der Waals surface area contributed by atoms with Gasteiger partial charge in [0.05, 0.1) is 6.61 Å². The number of carboxylic acid groups (broad SMARTS) is 3. The maximum Gasteiger partial charge on any atom is 0.325 e. The maximum atomic E-state index is 12.9. The van der Waals surface area contributed by atoms with Gasteiger partial charge >= 0.3 is 23.9 Å². The number of unbranched alkanes of at least 4 members (excludes halogenated alkanes) is 4. The van der Waals surface area contributed by atoms with Crippen molar-refractivity contribution in [3.8, 4) is 0 Å². The molecule has 0 aliphatic heterocycles. The van der Waals surface area contributed by atoms with E-state index in [0.717, 1.165) is 51.4 Å². The molecule has 1 saturated carbocycles. The first-order valence-corrected chi connectivity index (χ1v) is 10.6. The van der Waals surface area contributed by atoms with Crippen LogP contribution in [0.1, 0.15) is 84.5 Å². The van der Waals surface area contributed by atoms with Crippen LogP contribution in [0.3, 0.4) is 0 Å². The van der Waals surface area contributed by atoms with Crippen molar-refractivity contribution in [2.45, 2.75) is 84.5 Å². The number of rotatable bonds is 14. The molecule has 3 N–H and O–H groups in total. The summed E-state index contributed by atoms with van der Waals surface area (Å²) >= 11 is 0. The lowest BCUT2D eigenvalue weighted by atomic mass is 9.65. The molecular formula is C21H34O8. The molecule has 2 unspecified atom stereocenters. The Morgan fingerprint density at radius 1 is 0.793 bits per heavy atom. The first kappa shape index (κ1) is 24.9. The summed E-state index contributed by atoms with van der Waals surface area (Å²) in [5, 5.41) is 28.9. The largest absolute Gasteiger partial charge is 0.480 e. The fraction of sp³-hybridized carbons (Fsp3) is 0.810. The third-order valence-corrected chi connectivity index (χ3v) is 6.16. The highest BCUT2D eigenvalue weighted by molar-refractivity contribution is 6.13. The lowest BCUT2D eigenvalue weighted by molar-refractivity contribution is -0.194. The van der Waals surface area contributed by atoms with Crippen LogP contribution in [0.25, 0.3) is 0 Å². The second kappa shape index (κ2) is 11.2. The van der Waals surface area contributed by atoms with E-state index < -0.39 is 41.1 Å². The average molecular weight is 414 g/mol. The number of ether oxygens (including phenoxy) is 1. The molecule has 29 heavy (non-hydrogen) atoms. The number of hydrogen-bond donors (Lipinski definition) is 3. The van der Waals surface area contributed by atoms with Gasteiger partial charge in [-0.25, -0.2) is 0 Å². The van der Waals surface area contributed by atoms with E-state index in [1.807, 2.05) is 6.92 Å². The van der Waals surface area contributed by atoms with E-state index in [0.29, 0.717) is 0 Å². The molecule has 166 valence electrons. The fourth-order valence-corrected chi connectivity index (χ4v) is 4.35. The quantitative estimate of drug-likeness (QED) is 0.222. The van der Waals surface area contributed by atoms with Gasteiger partial charge in [0.2, 0.25) is 0 Å². The molecule has 0 aromatic carbocycles. The highest BCUT2D eigenvalue weighted by Crippen LogP contribution is 2.54. The molecule has 1 fully saturated rings. The van der Waals surface area contributed by atoms with Gasteiger partial charge in [0.1, 0.15) is 0 Å². The number of carboxylic acids is 3. The third kappa shape index (κ3) is 5.08. The molecule has 1 aliphatic rings. The van der Waals surface area contributed by atoms with Crippen LogP contribution in [0.2, 0.25) is 0 Å². The maximum absolute atomic E-state index is 12.9. The standard InChI is InChI=1S/C21H34O8/c1-3-5-7-8-11-15(10-6-4-2)14-29-19(28)21(18(26)27)13-9-12-20(21,16(22)23)17(24)25/h15H,3-14H2,1-2H3,(H,22,23)(H,24,25)(H,26,27). The van der Waals surface area contributed by atoms with E-state index >= 15 is 0 Å². The van der Waals surface area contributed by atoms with E-state index in [1.54, 1.807) is 0 Å². The zero-order valence-corrected chi connectivity index (χ0v) is 17.4. The molecule has 0 saturated heterocycles. The summed E-state index contributed by atoms with van der Waals surface area (Å²) in [6, 6.07) is 0. The number of carbonyl (C=O) groups is 4. The van der Waals surface area contributed by atoms with Gasteiger partial charge in [-0.1, -0.05) is 52.4 Å². The molecule has 1 rings (SSSR count). The van der Waals surface area contributed by atoms with Crippen molar-refractivity contribution in [3.05, 3.63) is 0 Å². The predicted molar refractivity (Wildman–Crippen MR) is 104 cm³/mol. The molecule has 0 spiro atoms. The van der Waals surface area contributed by atoms with Crippen molar-refractivity contribution in [2.75, 3.05) is 6.61 Å². The van der Waals surface area contributed by atoms with E-state index in [9.17, 15) is 34.5 Å². The second-order valence-electron chi connectivity index (χ2n) is 8.04. The van der Waals surface area contributed by atoms with Gasteiger partial charge in [-0.3, -0.25) is 19.2 Å². The lowest BCUT2D eigenvalue weighted by Crippen LogP contribution is -2.58. The van der Waals surface area contributed by atoms with Gasteiger partial charge in [-0.2, -0.15) is 0 Å². The molecule has 1 aliphatic carbocycles. The summed E-state index contributed by atoms with van der Waals surface area (Å²) < 4.78 is 5.32. The molecule has 2 atom stereocenters. The van der Waals surface area contributed by atoms with Crippen molar-refractivity contribution < 1.29 is 39.2 Å². The van der Waals surface area contributed by atoms with Crippen molar-refractivity contribution in [2.24, 2.45) is 16.7 Å². The highest BCUT2D eigenvalue weighted by Gasteiger charge is 2.74. The zero-order chi connectivity index (χ0) is 22.1. The minimum atomic E-state index is -2.71. The topological polar surface area (TPSA) is 138 Å². The fourth-order valence-electron chi connectivity index (χ4n) is 4.35. The Kier molecular flexibility index (Phi) is 9.59. The van der Waals surface area contributed by atoms with Crippen molar-refractivity contribution in [3.63, 3.8) is 0 Å². The minimum Gasteiger partial charge on any atom is -0.480 e. The summed E-state index contributed by atoms with van der Waals surface area (Å²) in [4.78, 5) is 48.5. The molecule has 8 nitrogen and oxygen atoms in total. The van der Waals surface area contributed by atoms with Gasteiger partial charge in [0.25, 0.3) is 0 Å². The van der Waals surface area contributed by atoms with Crippen LogP contribution in [0, 0.1) is 16.7 Å². The van der Waals surface area contributed by atoms with Crippen LogP contribution in [0.5, 0.6) is 0 Å². The van der Waals surface area contributed by atoms with E-state index in [2.05, 4.69) is 6.92 Å². The van der Waals surface area contributed by atoms with Crippen molar-refractivity contribution in [1.82, 2.24) is 0 Å². The van der Waals surface area contributed by atoms with Crippen LogP contribution < -0.4 is 0 Å². The summed E-state index contributed by atoms with van der Waals surface area (Å²) in [6.45, 7) is 4.14. The van der Waals surface area contributed by atoms with Gasteiger partial charge < -0.3 is 20.1 Å². The van der Waals surface area contributed by atoms with Crippen LogP contribution >= 0.6 is 0 Å². The van der Waals surface area contributed by atoms with Gasteiger partial charge in [0.15, 0.2) is 10.8 Å². The zero-order valence-electron chi connectivity index (χ0n) is 17.4. The summed E-state index contributed by atoms with van der Waals surface area (Å²) in [5.74, 6) is -6.58. The summed E-state index contributed by atoms with van der Waals surface area (Å²) in [7, 11) is 0. The van der Waals surface area contributed by atoms with Crippen LogP contribution in [-0.2, 0) is 23.9 Å². The number of esters is 1. The monoisotopic (exact) mass is 414 g/mol. The Labute approximate surface area is 171 Å². The summed E-state index contributed by atoms with van der Waals surface area (Å²) in [6.07, 6.45) is 7.03. The minimum absolute atomic E-state index is 0.0102. The molecule has 0 bridgehead atoms. The highest BCUT2D eigenvalue weighted by atomic mass is 16.5. The Hall–Kier alpha value is -2.12. The van der Waals surface area contributed by atoms with E-state index in [-0.39, 0.29) is 25.4 Å². The third-order valence-electron chi connectivity index (χ3n) is 6.16. The smallest absolute Gasteiger partial charge is 0.325 e. The van der Waals surface area contributed by atoms with E-state index in [1.165, 1.54) is 0 Å². The molecule has 8 heteroatoms.